The van der Waals surface area contributed by atoms with E-state index >= 15 is 0 Å². The van der Waals surface area contributed by atoms with Crippen molar-refractivity contribution in [2.45, 2.75) is 13.0 Å². The molecule has 8 heteroatoms. The summed E-state index contributed by atoms with van der Waals surface area (Å²) in [6.07, 6.45) is 1.65. The van der Waals surface area contributed by atoms with Crippen LogP contribution in [0.15, 0.2) is 54.6 Å². The summed E-state index contributed by atoms with van der Waals surface area (Å²) in [6.45, 7) is 1.40. The van der Waals surface area contributed by atoms with Crippen molar-refractivity contribution in [3.8, 4) is 0 Å². The standard InChI is InChI=1S/C18H15ClN2O5/c1-12(18(23)20-15-3-2-4-16(11-15)21(24)25)26-17(22)10-7-13-5-8-14(19)9-6-13/h2-12H,1H3,(H,20,23)/b10-7+/t12-/m0/s1. The fourth-order valence-electron chi connectivity index (χ4n) is 1.95. The van der Waals surface area contributed by atoms with Crippen LogP contribution in [0.1, 0.15) is 12.5 Å². The smallest absolute Gasteiger partial charge is 0.331 e. The van der Waals surface area contributed by atoms with Crippen LogP contribution in [0.25, 0.3) is 6.08 Å². The Kier molecular flexibility index (Phi) is 6.46. The molecule has 0 aliphatic carbocycles. The lowest BCUT2D eigenvalue weighted by Crippen LogP contribution is -2.29. The van der Waals surface area contributed by atoms with Crippen molar-refractivity contribution in [2.24, 2.45) is 0 Å². The fourth-order valence-corrected chi connectivity index (χ4v) is 2.07. The number of non-ortho nitro benzene ring substituents is 1. The average Bonchev–Trinajstić information content (AvgIpc) is 2.61. The molecule has 1 atom stereocenters. The molecular formula is C18H15ClN2O5. The Morgan fingerprint density at radius 3 is 2.58 bits per heavy atom. The molecule has 2 aromatic carbocycles. The first kappa shape index (κ1) is 19.1. The van der Waals surface area contributed by atoms with Crippen molar-refractivity contribution in [3.05, 3.63) is 75.3 Å². The Labute approximate surface area is 154 Å². The van der Waals surface area contributed by atoms with E-state index in [9.17, 15) is 19.7 Å². The number of esters is 1. The normalized spacial score (nSPS) is 11.8. The van der Waals surface area contributed by atoms with Crippen molar-refractivity contribution >= 4 is 40.9 Å². The van der Waals surface area contributed by atoms with E-state index in [1.165, 1.54) is 43.3 Å². The number of carbonyl (C=O) groups excluding carboxylic acids is 2. The van der Waals surface area contributed by atoms with Crippen LogP contribution in [0.4, 0.5) is 11.4 Å². The van der Waals surface area contributed by atoms with Crippen molar-refractivity contribution in [1.29, 1.82) is 0 Å². The largest absolute Gasteiger partial charge is 0.449 e. The van der Waals surface area contributed by atoms with Gasteiger partial charge in [-0.05, 0) is 36.8 Å². The molecule has 2 aromatic rings. The maximum Gasteiger partial charge on any atom is 0.331 e. The van der Waals surface area contributed by atoms with Crippen LogP contribution in [-0.2, 0) is 14.3 Å². The minimum Gasteiger partial charge on any atom is -0.449 e. The van der Waals surface area contributed by atoms with Crippen LogP contribution in [-0.4, -0.2) is 22.9 Å². The summed E-state index contributed by atoms with van der Waals surface area (Å²) in [6, 6.07) is 12.3. The summed E-state index contributed by atoms with van der Waals surface area (Å²) in [7, 11) is 0. The van der Waals surface area contributed by atoms with Gasteiger partial charge in [0.05, 0.1) is 4.92 Å². The van der Waals surface area contributed by atoms with Crippen LogP contribution in [0.3, 0.4) is 0 Å². The van der Waals surface area contributed by atoms with Crippen LogP contribution in [0.2, 0.25) is 5.02 Å². The highest BCUT2D eigenvalue weighted by Crippen LogP contribution is 2.17. The van der Waals surface area contributed by atoms with Gasteiger partial charge in [-0.1, -0.05) is 29.8 Å². The molecule has 26 heavy (non-hydrogen) atoms. The molecule has 0 aliphatic heterocycles. The predicted molar refractivity (Wildman–Crippen MR) is 97.8 cm³/mol. The van der Waals surface area contributed by atoms with E-state index < -0.39 is 22.9 Å². The number of nitrogens with one attached hydrogen (secondary N) is 1. The Morgan fingerprint density at radius 2 is 1.92 bits per heavy atom. The quantitative estimate of drug-likeness (QED) is 0.358. The number of anilines is 1. The molecule has 0 fully saturated rings. The van der Waals surface area contributed by atoms with Gasteiger partial charge in [-0.3, -0.25) is 14.9 Å². The summed E-state index contributed by atoms with van der Waals surface area (Å²) >= 11 is 5.77. The number of rotatable bonds is 6. The monoisotopic (exact) mass is 374 g/mol. The number of benzene rings is 2. The highest BCUT2D eigenvalue weighted by molar-refractivity contribution is 6.30. The summed E-state index contributed by atoms with van der Waals surface area (Å²) in [4.78, 5) is 34.0. The molecule has 0 aromatic heterocycles. The third kappa shape index (κ3) is 5.71. The molecule has 0 spiro atoms. The van der Waals surface area contributed by atoms with Gasteiger partial charge in [0.1, 0.15) is 0 Å². The molecule has 0 radical (unpaired) electrons. The Hall–Kier alpha value is -3.19. The molecule has 0 heterocycles. The maximum absolute atomic E-state index is 12.0. The van der Waals surface area contributed by atoms with Gasteiger partial charge in [0, 0.05) is 28.9 Å². The van der Waals surface area contributed by atoms with Gasteiger partial charge in [-0.25, -0.2) is 4.79 Å². The molecule has 0 saturated heterocycles. The maximum atomic E-state index is 12.0. The third-order valence-corrected chi connectivity index (χ3v) is 3.52. The number of nitrogens with zero attached hydrogens (tertiary/aromatic N) is 1. The zero-order valence-electron chi connectivity index (χ0n) is 13.7. The lowest BCUT2D eigenvalue weighted by Gasteiger charge is -2.12. The number of hydrogen-bond donors (Lipinski definition) is 1. The Bertz CT molecular complexity index is 849. The zero-order chi connectivity index (χ0) is 19.1. The van der Waals surface area contributed by atoms with Crippen molar-refractivity contribution in [2.75, 3.05) is 5.32 Å². The first-order valence-corrected chi connectivity index (χ1v) is 7.92. The molecule has 7 nitrogen and oxygen atoms in total. The molecule has 134 valence electrons. The number of hydrogen-bond acceptors (Lipinski definition) is 5. The van der Waals surface area contributed by atoms with Crippen LogP contribution in [0, 0.1) is 10.1 Å². The first-order chi connectivity index (χ1) is 12.3. The van der Waals surface area contributed by atoms with Crippen molar-refractivity contribution in [1.82, 2.24) is 0 Å². The van der Waals surface area contributed by atoms with E-state index in [1.54, 1.807) is 24.3 Å². The molecular weight excluding hydrogens is 360 g/mol. The summed E-state index contributed by atoms with van der Waals surface area (Å²) in [5.41, 5.74) is 0.835. The Balaban J connectivity index is 1.91. The number of nitro groups is 1. The fraction of sp³-hybridized carbons (Fsp3) is 0.111. The van der Waals surface area contributed by atoms with Gasteiger partial charge in [0.25, 0.3) is 11.6 Å². The second kappa shape index (κ2) is 8.77. The SMILES string of the molecule is C[C@H](OC(=O)/C=C/c1ccc(Cl)cc1)C(=O)Nc1cccc([N+](=O)[O-])c1. The van der Waals surface area contributed by atoms with E-state index in [1.807, 2.05) is 0 Å². The summed E-state index contributed by atoms with van der Waals surface area (Å²) in [5, 5.41) is 13.8. The highest BCUT2D eigenvalue weighted by atomic mass is 35.5. The minimum atomic E-state index is -1.07. The van der Waals surface area contributed by atoms with E-state index in [0.29, 0.717) is 5.02 Å². The second-order valence-corrected chi connectivity index (χ2v) is 5.70. The molecule has 1 N–H and O–H groups in total. The predicted octanol–water partition coefficient (Wildman–Crippen LogP) is 3.83. The number of amides is 1. The van der Waals surface area contributed by atoms with E-state index in [0.717, 1.165) is 5.56 Å². The van der Waals surface area contributed by atoms with Crippen molar-refractivity contribution in [3.63, 3.8) is 0 Å². The third-order valence-electron chi connectivity index (χ3n) is 3.27. The van der Waals surface area contributed by atoms with Crippen LogP contribution in [0.5, 0.6) is 0 Å². The topological polar surface area (TPSA) is 98.5 Å². The lowest BCUT2D eigenvalue weighted by molar-refractivity contribution is -0.384. The summed E-state index contributed by atoms with van der Waals surface area (Å²) < 4.78 is 5.01. The van der Waals surface area contributed by atoms with E-state index in [-0.39, 0.29) is 11.4 Å². The van der Waals surface area contributed by atoms with Crippen molar-refractivity contribution < 1.29 is 19.2 Å². The molecule has 0 aliphatic rings. The van der Waals surface area contributed by atoms with Crippen LogP contribution < -0.4 is 5.32 Å². The number of nitro benzene ring substituents is 1. The van der Waals surface area contributed by atoms with Gasteiger partial charge < -0.3 is 10.1 Å². The number of halogens is 1. The molecule has 0 saturated carbocycles. The number of carbonyl (C=O) groups is 2. The van der Waals surface area contributed by atoms with E-state index in [4.69, 9.17) is 16.3 Å². The Morgan fingerprint density at radius 1 is 1.23 bits per heavy atom. The average molecular weight is 375 g/mol. The molecule has 2 rings (SSSR count). The van der Waals surface area contributed by atoms with Gasteiger partial charge in [0.15, 0.2) is 6.10 Å². The molecule has 0 unspecified atom stereocenters. The van der Waals surface area contributed by atoms with E-state index in [2.05, 4.69) is 5.32 Å². The number of ether oxygens (including phenoxy) is 1. The summed E-state index contributed by atoms with van der Waals surface area (Å²) in [5.74, 6) is -1.29. The lowest BCUT2D eigenvalue weighted by atomic mass is 10.2. The zero-order valence-corrected chi connectivity index (χ0v) is 14.5. The van der Waals surface area contributed by atoms with Crippen LogP contribution >= 0.6 is 11.6 Å². The highest BCUT2D eigenvalue weighted by Gasteiger charge is 2.17. The van der Waals surface area contributed by atoms with Gasteiger partial charge in [-0.2, -0.15) is 0 Å². The molecule has 0 bridgehead atoms. The van der Waals surface area contributed by atoms with Gasteiger partial charge >= 0.3 is 5.97 Å². The van der Waals surface area contributed by atoms with Gasteiger partial charge in [-0.15, -0.1) is 0 Å². The molecule has 1 amide bonds. The second-order valence-electron chi connectivity index (χ2n) is 5.26. The first-order valence-electron chi connectivity index (χ1n) is 7.55. The minimum absolute atomic E-state index is 0.154. The van der Waals surface area contributed by atoms with Gasteiger partial charge in [0.2, 0.25) is 0 Å².